The second kappa shape index (κ2) is 3.06. The fourth-order valence-corrected chi connectivity index (χ4v) is 0.385. The molecule has 0 spiro atoms. The van der Waals surface area contributed by atoms with Crippen LogP contribution in [0.5, 0.6) is 0 Å². The number of hydrogen-bond donors (Lipinski definition) is 0. The Kier molecular flexibility index (Phi) is 3.06. The van der Waals surface area contributed by atoms with Crippen molar-refractivity contribution in [3.63, 3.8) is 0 Å². The molecule has 0 amide bonds. The maximum atomic E-state index is 2.24. The summed E-state index contributed by atoms with van der Waals surface area (Å²) >= 11 is 0. The van der Waals surface area contributed by atoms with Crippen LogP contribution in [0.15, 0.2) is 0 Å². The maximum absolute atomic E-state index is 2.24. The minimum absolute atomic E-state index is 0.778. The molecule has 0 aliphatic carbocycles. The predicted molar refractivity (Wildman–Crippen MR) is 34.0 cm³/mol. The third-order valence-corrected chi connectivity index (χ3v) is 1.58. The van der Waals surface area contributed by atoms with E-state index < -0.39 is 0 Å². The van der Waals surface area contributed by atoms with Crippen LogP contribution >= 0.6 is 0 Å². The van der Waals surface area contributed by atoms with Crippen LogP contribution in [0.25, 0.3) is 0 Å². The lowest BCUT2D eigenvalue weighted by Gasteiger charge is -2.10. The Morgan fingerprint density at radius 1 is 1.14 bits per heavy atom. The summed E-state index contributed by atoms with van der Waals surface area (Å²) in [5, 5.41) is 0. The average molecular weight is 99.2 g/mol. The molecule has 0 nitrogen and oxygen atoms in total. The van der Waals surface area contributed by atoms with E-state index in [2.05, 4.69) is 34.1 Å². The molecule has 7 heavy (non-hydrogen) atoms. The first-order valence-corrected chi connectivity index (χ1v) is 2.98. The van der Waals surface area contributed by atoms with Crippen molar-refractivity contribution in [2.75, 3.05) is 0 Å². The minimum Gasteiger partial charge on any atom is -0.0625 e. The van der Waals surface area contributed by atoms with E-state index in [0.717, 1.165) is 11.8 Å². The van der Waals surface area contributed by atoms with Crippen LogP contribution in [0.4, 0.5) is 0 Å². The summed E-state index contributed by atoms with van der Waals surface area (Å²) in [6, 6.07) is 0. The summed E-state index contributed by atoms with van der Waals surface area (Å²) in [4.78, 5) is 0. The molecule has 1 atom stereocenters. The molecule has 1 unspecified atom stereocenters. The van der Waals surface area contributed by atoms with E-state index in [9.17, 15) is 0 Å². The van der Waals surface area contributed by atoms with E-state index in [1.165, 1.54) is 0 Å². The zero-order valence-electron chi connectivity index (χ0n) is 5.73. The highest BCUT2D eigenvalue weighted by Crippen LogP contribution is 2.10. The van der Waals surface area contributed by atoms with Gasteiger partial charge in [-0.3, -0.25) is 0 Å². The number of hydrogen-bond acceptors (Lipinski definition) is 0. The highest BCUT2D eigenvalue weighted by Gasteiger charge is 2.01. The molecule has 0 aromatic heterocycles. The van der Waals surface area contributed by atoms with Gasteiger partial charge in [-0.05, 0) is 18.3 Å². The normalized spacial score (nSPS) is 15.0. The van der Waals surface area contributed by atoms with Gasteiger partial charge < -0.3 is 0 Å². The molecule has 0 fully saturated rings. The smallest absolute Gasteiger partial charge is 0.0386 e. The van der Waals surface area contributed by atoms with Gasteiger partial charge in [0, 0.05) is 0 Å². The van der Waals surface area contributed by atoms with Crippen molar-refractivity contribution in [3.8, 4) is 0 Å². The molecule has 0 saturated carbocycles. The summed E-state index contributed by atoms with van der Waals surface area (Å²) in [6.07, 6.45) is 2.24. The standard InChI is InChI=1S/C7H15/c1-5-7(4)6(2)3/h5-7H,1-4H3. The van der Waals surface area contributed by atoms with E-state index in [-0.39, 0.29) is 0 Å². The zero-order valence-corrected chi connectivity index (χ0v) is 5.73. The lowest BCUT2D eigenvalue weighted by Crippen LogP contribution is -2.01. The molecule has 0 heterocycles. The third kappa shape index (κ3) is 2.67. The Hall–Kier alpha value is 0. The second-order valence-corrected chi connectivity index (χ2v) is 2.44. The van der Waals surface area contributed by atoms with Crippen LogP contribution in [0.2, 0.25) is 0 Å². The van der Waals surface area contributed by atoms with Gasteiger partial charge in [0.05, 0.1) is 0 Å². The van der Waals surface area contributed by atoms with Crippen molar-refractivity contribution in [2.45, 2.75) is 27.7 Å². The van der Waals surface area contributed by atoms with Gasteiger partial charge in [-0.2, -0.15) is 0 Å². The number of rotatable bonds is 2. The molecule has 0 saturated heterocycles. The van der Waals surface area contributed by atoms with E-state index in [1.807, 2.05) is 0 Å². The second-order valence-electron chi connectivity index (χ2n) is 2.44. The van der Waals surface area contributed by atoms with Gasteiger partial charge >= 0.3 is 0 Å². The SMILES string of the molecule is C[CH]C(C)C(C)C. The van der Waals surface area contributed by atoms with Gasteiger partial charge in [-0.15, -0.1) is 0 Å². The first-order valence-electron chi connectivity index (χ1n) is 2.98. The molecular formula is C7H15. The molecule has 0 aliphatic rings. The quantitative estimate of drug-likeness (QED) is 0.499. The summed E-state index contributed by atoms with van der Waals surface area (Å²) in [6.45, 7) is 8.84. The largest absolute Gasteiger partial charge is 0.0625 e. The maximum Gasteiger partial charge on any atom is -0.0386 e. The van der Waals surface area contributed by atoms with Crippen LogP contribution in [0, 0.1) is 18.3 Å². The Labute approximate surface area is 46.9 Å². The van der Waals surface area contributed by atoms with Crippen LogP contribution in [-0.2, 0) is 0 Å². The predicted octanol–water partition coefficient (Wildman–Crippen LogP) is 2.50. The Morgan fingerprint density at radius 3 is 1.57 bits per heavy atom. The molecule has 0 aromatic rings. The molecular weight excluding hydrogens is 84.1 g/mol. The molecule has 0 aliphatic heterocycles. The summed E-state index contributed by atoms with van der Waals surface area (Å²) < 4.78 is 0. The first-order chi connectivity index (χ1) is 3.18. The molecule has 1 radical (unpaired) electrons. The van der Waals surface area contributed by atoms with Crippen molar-refractivity contribution < 1.29 is 0 Å². The van der Waals surface area contributed by atoms with E-state index >= 15 is 0 Å². The van der Waals surface area contributed by atoms with Crippen molar-refractivity contribution in [2.24, 2.45) is 11.8 Å². The fraction of sp³-hybridized carbons (Fsp3) is 0.857. The Morgan fingerprint density at radius 2 is 1.57 bits per heavy atom. The van der Waals surface area contributed by atoms with E-state index in [1.54, 1.807) is 0 Å². The van der Waals surface area contributed by atoms with Crippen molar-refractivity contribution >= 4 is 0 Å². The molecule has 0 heteroatoms. The fourth-order valence-electron chi connectivity index (χ4n) is 0.385. The minimum atomic E-state index is 0.778. The Bertz CT molecular complexity index is 37.3. The summed E-state index contributed by atoms with van der Waals surface area (Å²) in [7, 11) is 0. The van der Waals surface area contributed by atoms with Gasteiger partial charge in [0.2, 0.25) is 0 Å². The van der Waals surface area contributed by atoms with Gasteiger partial charge in [0.15, 0.2) is 0 Å². The average Bonchev–Trinajstić information content (AvgIpc) is 1.65. The molecule has 0 rings (SSSR count). The van der Waals surface area contributed by atoms with Gasteiger partial charge in [0.1, 0.15) is 0 Å². The van der Waals surface area contributed by atoms with Crippen LogP contribution in [-0.4, -0.2) is 0 Å². The highest BCUT2D eigenvalue weighted by molar-refractivity contribution is 4.68. The monoisotopic (exact) mass is 99.1 g/mol. The van der Waals surface area contributed by atoms with E-state index in [0.29, 0.717) is 0 Å². The molecule has 0 N–H and O–H groups in total. The third-order valence-electron chi connectivity index (χ3n) is 1.58. The van der Waals surface area contributed by atoms with Crippen LogP contribution in [0.1, 0.15) is 27.7 Å². The van der Waals surface area contributed by atoms with Crippen molar-refractivity contribution in [1.29, 1.82) is 0 Å². The topological polar surface area (TPSA) is 0 Å². The van der Waals surface area contributed by atoms with E-state index in [4.69, 9.17) is 0 Å². The molecule has 0 bridgehead atoms. The van der Waals surface area contributed by atoms with Gasteiger partial charge in [-0.1, -0.05) is 27.7 Å². The lowest BCUT2D eigenvalue weighted by atomic mass is 9.96. The molecule has 0 aromatic carbocycles. The van der Waals surface area contributed by atoms with Crippen molar-refractivity contribution in [3.05, 3.63) is 6.42 Å². The first kappa shape index (κ1) is 7.00. The molecule has 43 valence electrons. The van der Waals surface area contributed by atoms with Crippen molar-refractivity contribution in [1.82, 2.24) is 0 Å². The van der Waals surface area contributed by atoms with Gasteiger partial charge in [0.25, 0.3) is 0 Å². The zero-order chi connectivity index (χ0) is 5.86. The summed E-state index contributed by atoms with van der Waals surface area (Å²) in [5.74, 6) is 1.59. The van der Waals surface area contributed by atoms with Gasteiger partial charge in [-0.25, -0.2) is 0 Å². The Balaban J connectivity index is 3.14. The van der Waals surface area contributed by atoms with Crippen LogP contribution in [0.3, 0.4) is 0 Å². The lowest BCUT2D eigenvalue weighted by molar-refractivity contribution is 0.475. The van der Waals surface area contributed by atoms with Crippen LogP contribution < -0.4 is 0 Å². The summed E-state index contributed by atoms with van der Waals surface area (Å²) in [5.41, 5.74) is 0. The highest BCUT2D eigenvalue weighted by atomic mass is 14.1.